The number of halogens is 3. The van der Waals surface area contributed by atoms with E-state index in [1.165, 1.54) is 0 Å². The molecule has 1 aromatic rings. The Morgan fingerprint density at radius 2 is 2.25 bits per heavy atom. The smallest absolute Gasteiger partial charge is 0.329 e. The lowest BCUT2D eigenvalue weighted by molar-refractivity contribution is -0.193. The van der Waals surface area contributed by atoms with Crippen LogP contribution in [-0.2, 0) is 6.54 Å². The van der Waals surface area contributed by atoms with E-state index in [4.69, 9.17) is 5.73 Å². The molecule has 6 heteroatoms. The van der Waals surface area contributed by atoms with Crippen LogP contribution in [0.3, 0.4) is 0 Å². The summed E-state index contributed by atoms with van der Waals surface area (Å²) >= 11 is 1.60. The predicted molar refractivity (Wildman–Crippen MR) is 75.6 cm³/mol. The van der Waals surface area contributed by atoms with Crippen molar-refractivity contribution in [2.75, 3.05) is 13.6 Å². The summed E-state index contributed by atoms with van der Waals surface area (Å²) in [5.41, 5.74) is 6.48. The fourth-order valence-corrected chi connectivity index (χ4v) is 3.79. The molecular formula is C14H21F3N2S. The molecule has 20 heavy (non-hydrogen) atoms. The van der Waals surface area contributed by atoms with Crippen molar-refractivity contribution in [1.29, 1.82) is 0 Å². The Morgan fingerprint density at radius 3 is 2.80 bits per heavy atom. The number of rotatable bonds is 4. The quantitative estimate of drug-likeness (QED) is 0.920. The molecule has 1 heterocycles. The van der Waals surface area contributed by atoms with Crippen molar-refractivity contribution in [2.45, 2.75) is 43.9 Å². The summed E-state index contributed by atoms with van der Waals surface area (Å²) in [6.07, 6.45) is -2.42. The Hall–Kier alpha value is -0.590. The van der Waals surface area contributed by atoms with Crippen LogP contribution in [0.25, 0.3) is 0 Å². The third-order valence-corrected chi connectivity index (χ3v) is 5.21. The molecule has 0 spiro atoms. The van der Waals surface area contributed by atoms with Crippen LogP contribution in [0.2, 0.25) is 0 Å². The molecule has 1 aromatic heterocycles. The van der Waals surface area contributed by atoms with Gasteiger partial charge in [-0.1, -0.05) is 6.42 Å². The minimum absolute atomic E-state index is 0.119. The third kappa shape index (κ3) is 3.35. The molecule has 0 aromatic carbocycles. The Labute approximate surface area is 121 Å². The van der Waals surface area contributed by atoms with E-state index in [2.05, 4.69) is 0 Å². The van der Waals surface area contributed by atoms with E-state index in [0.29, 0.717) is 13.0 Å². The topological polar surface area (TPSA) is 29.3 Å². The maximum absolute atomic E-state index is 13.0. The van der Waals surface area contributed by atoms with Crippen LogP contribution in [0.5, 0.6) is 0 Å². The molecule has 0 saturated heterocycles. The summed E-state index contributed by atoms with van der Waals surface area (Å²) in [6.45, 7) is 0.936. The van der Waals surface area contributed by atoms with Gasteiger partial charge in [-0.05, 0) is 48.7 Å². The van der Waals surface area contributed by atoms with Gasteiger partial charge >= 0.3 is 6.18 Å². The molecule has 0 bridgehead atoms. The molecule has 2 rings (SSSR count). The summed E-state index contributed by atoms with van der Waals surface area (Å²) in [6, 6.07) is 2.01. The van der Waals surface area contributed by atoms with Crippen molar-refractivity contribution in [1.82, 2.24) is 4.90 Å². The highest BCUT2D eigenvalue weighted by atomic mass is 32.1. The highest BCUT2D eigenvalue weighted by Gasteiger charge is 2.48. The number of alkyl halides is 3. The third-order valence-electron chi connectivity index (χ3n) is 4.47. The van der Waals surface area contributed by atoms with E-state index in [-0.39, 0.29) is 19.4 Å². The second kappa shape index (κ2) is 6.03. The van der Waals surface area contributed by atoms with Gasteiger partial charge in [0.1, 0.15) is 0 Å². The van der Waals surface area contributed by atoms with Crippen molar-refractivity contribution in [3.8, 4) is 0 Å². The predicted octanol–water partition coefficient (Wildman–Crippen LogP) is 3.63. The van der Waals surface area contributed by atoms with Crippen LogP contribution in [0.15, 0.2) is 16.8 Å². The maximum atomic E-state index is 13.0. The highest BCUT2D eigenvalue weighted by molar-refractivity contribution is 7.07. The first kappa shape index (κ1) is 15.8. The minimum Gasteiger partial charge on any atom is -0.329 e. The molecule has 0 radical (unpaired) electrons. The molecule has 1 aliphatic rings. The molecule has 1 saturated carbocycles. The van der Waals surface area contributed by atoms with E-state index in [0.717, 1.165) is 12.0 Å². The summed E-state index contributed by atoms with van der Waals surface area (Å²) in [7, 11) is 1.89. The van der Waals surface area contributed by atoms with Crippen LogP contribution >= 0.6 is 11.3 Å². The molecule has 2 atom stereocenters. The average Bonchev–Trinajstić information content (AvgIpc) is 2.90. The van der Waals surface area contributed by atoms with Crippen molar-refractivity contribution >= 4 is 11.3 Å². The normalized spacial score (nSPS) is 28.0. The van der Waals surface area contributed by atoms with Crippen LogP contribution in [0, 0.1) is 5.92 Å². The minimum atomic E-state index is -4.11. The molecule has 0 aliphatic heterocycles. The Bertz CT molecular complexity index is 419. The largest absolute Gasteiger partial charge is 0.391 e. The molecule has 0 amide bonds. The fourth-order valence-electron chi connectivity index (χ4n) is 3.13. The Morgan fingerprint density at radius 1 is 1.50 bits per heavy atom. The zero-order valence-corrected chi connectivity index (χ0v) is 12.4. The summed E-state index contributed by atoms with van der Waals surface area (Å²) in [5.74, 6) is -1.22. The fraction of sp³-hybridized carbons (Fsp3) is 0.714. The van der Waals surface area contributed by atoms with E-state index in [1.807, 2.05) is 28.8 Å². The van der Waals surface area contributed by atoms with Crippen LogP contribution in [0.1, 0.15) is 31.2 Å². The standard InChI is InChI=1S/C14H21F3N2S/c1-19(8-11-4-6-20-9-11)13(10-18)5-2-3-12(7-13)14(15,16)17/h4,6,9,12H,2-3,5,7-8,10,18H2,1H3. The van der Waals surface area contributed by atoms with E-state index in [1.54, 1.807) is 11.3 Å². The van der Waals surface area contributed by atoms with Crippen molar-refractivity contribution in [3.05, 3.63) is 22.4 Å². The molecule has 2 N–H and O–H groups in total. The Kier molecular flexibility index (Phi) is 4.76. The van der Waals surface area contributed by atoms with Crippen molar-refractivity contribution < 1.29 is 13.2 Å². The van der Waals surface area contributed by atoms with Gasteiger partial charge in [-0.2, -0.15) is 24.5 Å². The summed E-state index contributed by atoms with van der Waals surface area (Å²) < 4.78 is 39.0. The first-order chi connectivity index (χ1) is 9.37. The van der Waals surface area contributed by atoms with Gasteiger partial charge in [-0.3, -0.25) is 4.90 Å². The van der Waals surface area contributed by atoms with Crippen LogP contribution in [-0.4, -0.2) is 30.2 Å². The zero-order chi connectivity index (χ0) is 14.8. The monoisotopic (exact) mass is 306 g/mol. The van der Waals surface area contributed by atoms with E-state index in [9.17, 15) is 13.2 Å². The molecular weight excluding hydrogens is 285 g/mol. The van der Waals surface area contributed by atoms with Gasteiger partial charge in [-0.25, -0.2) is 0 Å². The first-order valence-electron chi connectivity index (χ1n) is 6.86. The molecule has 1 aliphatic carbocycles. The number of thiophene rings is 1. The summed E-state index contributed by atoms with van der Waals surface area (Å²) in [5, 5.41) is 4.02. The number of likely N-dealkylation sites (N-methyl/N-ethyl adjacent to an activating group) is 1. The summed E-state index contributed by atoms with van der Waals surface area (Å²) in [4.78, 5) is 2.02. The van der Waals surface area contributed by atoms with Gasteiger partial charge in [0, 0.05) is 18.6 Å². The zero-order valence-electron chi connectivity index (χ0n) is 11.6. The van der Waals surface area contributed by atoms with Gasteiger partial charge in [0.15, 0.2) is 0 Å². The number of hydrogen-bond acceptors (Lipinski definition) is 3. The van der Waals surface area contributed by atoms with Crippen molar-refractivity contribution in [3.63, 3.8) is 0 Å². The SMILES string of the molecule is CN(Cc1ccsc1)C1(CN)CCCC(C(F)(F)F)C1. The lowest BCUT2D eigenvalue weighted by Gasteiger charge is -2.47. The number of nitrogens with zero attached hydrogens (tertiary/aromatic N) is 1. The maximum Gasteiger partial charge on any atom is 0.391 e. The molecule has 2 unspecified atom stereocenters. The lowest BCUT2D eigenvalue weighted by atomic mass is 9.74. The van der Waals surface area contributed by atoms with E-state index < -0.39 is 17.6 Å². The second-order valence-electron chi connectivity index (χ2n) is 5.75. The highest BCUT2D eigenvalue weighted by Crippen LogP contribution is 2.43. The first-order valence-corrected chi connectivity index (χ1v) is 7.81. The van der Waals surface area contributed by atoms with Crippen molar-refractivity contribution in [2.24, 2.45) is 11.7 Å². The molecule has 114 valence electrons. The number of hydrogen-bond donors (Lipinski definition) is 1. The molecule has 1 fully saturated rings. The number of nitrogens with two attached hydrogens (primary N) is 1. The van der Waals surface area contributed by atoms with Crippen LogP contribution < -0.4 is 5.73 Å². The van der Waals surface area contributed by atoms with Gasteiger partial charge in [-0.15, -0.1) is 0 Å². The van der Waals surface area contributed by atoms with Crippen LogP contribution in [0.4, 0.5) is 13.2 Å². The second-order valence-corrected chi connectivity index (χ2v) is 6.53. The molecule has 2 nitrogen and oxygen atoms in total. The van der Waals surface area contributed by atoms with Gasteiger partial charge < -0.3 is 5.73 Å². The lowest BCUT2D eigenvalue weighted by Crippen LogP contribution is -2.55. The van der Waals surface area contributed by atoms with Gasteiger partial charge in [0.25, 0.3) is 0 Å². The Balaban J connectivity index is 2.11. The van der Waals surface area contributed by atoms with Gasteiger partial charge in [0.05, 0.1) is 5.92 Å². The van der Waals surface area contributed by atoms with Gasteiger partial charge in [0.2, 0.25) is 0 Å². The van der Waals surface area contributed by atoms with E-state index >= 15 is 0 Å². The average molecular weight is 306 g/mol.